The molecule has 0 aromatic rings. The van der Waals surface area contributed by atoms with Gasteiger partial charge in [0.2, 0.25) is 5.91 Å². The third kappa shape index (κ3) is 4.34. The number of likely N-dealkylation sites (N-methyl/N-ethyl adjacent to an activating group) is 1. The quantitative estimate of drug-likeness (QED) is 0.416. The van der Waals surface area contributed by atoms with Crippen molar-refractivity contribution in [3.8, 4) is 0 Å². The fraction of sp³-hybridized carbons (Fsp3) is 0.533. The van der Waals surface area contributed by atoms with Crippen molar-refractivity contribution in [2.24, 2.45) is 0 Å². The molecule has 0 bridgehead atoms. The zero-order chi connectivity index (χ0) is 16.8. The molecule has 0 saturated carbocycles. The van der Waals surface area contributed by atoms with Gasteiger partial charge >= 0.3 is 6.03 Å². The molecule has 1 atom stereocenters. The van der Waals surface area contributed by atoms with Crippen molar-refractivity contribution in [1.29, 1.82) is 0 Å². The molecule has 0 spiro atoms. The van der Waals surface area contributed by atoms with Crippen LogP contribution in [0.2, 0.25) is 0 Å². The van der Waals surface area contributed by atoms with Gasteiger partial charge in [-0.05, 0) is 32.9 Å². The van der Waals surface area contributed by atoms with Gasteiger partial charge < -0.3 is 15.0 Å². The van der Waals surface area contributed by atoms with Crippen LogP contribution in [0.1, 0.15) is 27.2 Å². The van der Waals surface area contributed by atoms with Gasteiger partial charge in [-0.1, -0.05) is 6.08 Å². The highest BCUT2D eigenvalue weighted by Crippen LogP contribution is 2.13. The minimum absolute atomic E-state index is 0.125. The van der Waals surface area contributed by atoms with Crippen molar-refractivity contribution in [3.05, 3.63) is 24.0 Å². The molecule has 1 unspecified atom stereocenters. The highest BCUT2D eigenvalue weighted by atomic mass is 16.5. The number of imide groups is 1. The topological polar surface area (TPSA) is 87.7 Å². The van der Waals surface area contributed by atoms with E-state index in [1.54, 1.807) is 19.1 Å². The molecular formula is C15H23N3O4. The van der Waals surface area contributed by atoms with E-state index in [0.29, 0.717) is 12.3 Å². The van der Waals surface area contributed by atoms with Gasteiger partial charge in [0.1, 0.15) is 11.3 Å². The highest BCUT2D eigenvalue weighted by Gasteiger charge is 2.43. The minimum atomic E-state index is -1.10. The van der Waals surface area contributed by atoms with E-state index in [0.717, 1.165) is 0 Å². The van der Waals surface area contributed by atoms with Crippen LogP contribution in [0, 0.1) is 0 Å². The van der Waals surface area contributed by atoms with E-state index in [2.05, 4.69) is 10.6 Å². The molecule has 0 aromatic carbocycles. The lowest BCUT2D eigenvalue weighted by Crippen LogP contribution is -2.54. The molecule has 1 aliphatic rings. The van der Waals surface area contributed by atoms with Gasteiger partial charge in [0.15, 0.2) is 0 Å². The summed E-state index contributed by atoms with van der Waals surface area (Å²) in [5.41, 5.74) is -1.10. The lowest BCUT2D eigenvalue weighted by Gasteiger charge is -2.29. The van der Waals surface area contributed by atoms with Crippen LogP contribution in [0.5, 0.6) is 0 Å². The molecule has 122 valence electrons. The third-order valence-corrected chi connectivity index (χ3v) is 3.40. The number of nitrogens with zero attached hydrogens (tertiary/aromatic N) is 1. The molecule has 0 aliphatic carbocycles. The minimum Gasteiger partial charge on any atom is -0.497 e. The predicted octanol–water partition coefficient (Wildman–Crippen LogP) is 0.930. The summed E-state index contributed by atoms with van der Waals surface area (Å²) in [6.07, 6.45) is 5.42. The van der Waals surface area contributed by atoms with Crippen molar-refractivity contribution in [2.75, 3.05) is 20.2 Å². The Hall–Kier alpha value is -2.31. The van der Waals surface area contributed by atoms with Crippen LogP contribution >= 0.6 is 0 Å². The predicted molar refractivity (Wildman–Crippen MR) is 81.9 cm³/mol. The van der Waals surface area contributed by atoms with Crippen LogP contribution in [0.15, 0.2) is 24.0 Å². The monoisotopic (exact) mass is 309 g/mol. The Kier molecular flexibility index (Phi) is 6.15. The van der Waals surface area contributed by atoms with Gasteiger partial charge in [0, 0.05) is 13.0 Å². The van der Waals surface area contributed by atoms with Crippen molar-refractivity contribution in [3.63, 3.8) is 0 Å². The molecule has 1 rings (SSSR count). The largest absolute Gasteiger partial charge is 0.497 e. The average molecular weight is 309 g/mol. The van der Waals surface area contributed by atoms with Crippen LogP contribution in [-0.2, 0) is 14.3 Å². The van der Waals surface area contributed by atoms with Crippen LogP contribution in [0.3, 0.4) is 0 Å². The van der Waals surface area contributed by atoms with Gasteiger partial charge in [-0.25, -0.2) is 4.79 Å². The zero-order valence-corrected chi connectivity index (χ0v) is 13.4. The Balaban J connectivity index is 2.73. The SMILES string of the molecule is C/C=C\C(=C/CC(=O)N(CC)CC1(C)NC(=O)NC1=O)OC. The van der Waals surface area contributed by atoms with Gasteiger partial charge in [-0.3, -0.25) is 14.9 Å². The van der Waals surface area contributed by atoms with Gasteiger partial charge in [0.05, 0.1) is 13.7 Å². The average Bonchev–Trinajstić information content (AvgIpc) is 2.73. The molecule has 2 N–H and O–H groups in total. The first-order valence-corrected chi connectivity index (χ1v) is 7.14. The smallest absolute Gasteiger partial charge is 0.322 e. The summed E-state index contributed by atoms with van der Waals surface area (Å²) in [6, 6.07) is -0.536. The maximum atomic E-state index is 12.3. The summed E-state index contributed by atoms with van der Waals surface area (Å²) in [5, 5.41) is 4.74. The van der Waals surface area contributed by atoms with Crippen LogP contribution in [0.4, 0.5) is 4.79 Å². The molecule has 1 fully saturated rings. The first kappa shape index (κ1) is 17.7. The van der Waals surface area contributed by atoms with Crippen LogP contribution < -0.4 is 10.6 Å². The molecule has 1 heterocycles. The lowest BCUT2D eigenvalue weighted by molar-refractivity contribution is -0.132. The number of hydrogen-bond donors (Lipinski definition) is 2. The van der Waals surface area contributed by atoms with Crippen LogP contribution in [-0.4, -0.2) is 48.5 Å². The molecule has 0 radical (unpaired) electrons. The van der Waals surface area contributed by atoms with E-state index in [-0.39, 0.29) is 18.9 Å². The second kappa shape index (κ2) is 7.63. The summed E-state index contributed by atoms with van der Waals surface area (Å²) in [6.45, 7) is 5.84. The summed E-state index contributed by atoms with van der Waals surface area (Å²) in [4.78, 5) is 36.9. The maximum absolute atomic E-state index is 12.3. The highest BCUT2D eigenvalue weighted by molar-refractivity contribution is 6.07. The van der Waals surface area contributed by atoms with E-state index in [4.69, 9.17) is 4.74 Å². The Morgan fingerprint density at radius 2 is 2.09 bits per heavy atom. The zero-order valence-electron chi connectivity index (χ0n) is 13.4. The fourth-order valence-electron chi connectivity index (χ4n) is 2.15. The van der Waals surface area contributed by atoms with E-state index in [1.165, 1.54) is 12.0 Å². The number of carbonyl (C=O) groups is 3. The number of urea groups is 1. The first-order chi connectivity index (χ1) is 10.4. The number of ether oxygens (including phenoxy) is 1. The summed E-state index contributed by atoms with van der Waals surface area (Å²) >= 11 is 0. The van der Waals surface area contributed by atoms with Crippen molar-refractivity contribution < 1.29 is 19.1 Å². The van der Waals surface area contributed by atoms with E-state index in [9.17, 15) is 14.4 Å². The van der Waals surface area contributed by atoms with Gasteiger partial charge in [-0.2, -0.15) is 0 Å². The van der Waals surface area contributed by atoms with Crippen molar-refractivity contribution in [2.45, 2.75) is 32.7 Å². The second-order valence-electron chi connectivity index (χ2n) is 5.16. The summed E-state index contributed by atoms with van der Waals surface area (Å²) in [5.74, 6) is 0.0348. The Labute approximate surface area is 130 Å². The number of amides is 4. The lowest BCUT2D eigenvalue weighted by atomic mass is 10.0. The number of carbonyl (C=O) groups excluding carboxylic acids is 3. The van der Waals surface area contributed by atoms with E-state index < -0.39 is 17.5 Å². The normalized spacial score (nSPS) is 21.7. The van der Waals surface area contributed by atoms with E-state index >= 15 is 0 Å². The second-order valence-corrected chi connectivity index (χ2v) is 5.16. The molecule has 1 aliphatic heterocycles. The molecular weight excluding hydrogens is 286 g/mol. The van der Waals surface area contributed by atoms with Crippen molar-refractivity contribution >= 4 is 17.8 Å². The number of hydrogen-bond acceptors (Lipinski definition) is 4. The fourth-order valence-corrected chi connectivity index (χ4v) is 2.15. The van der Waals surface area contributed by atoms with E-state index in [1.807, 2.05) is 19.9 Å². The standard InChI is InChI=1S/C15H23N3O4/c1-5-7-11(22-4)8-9-12(19)18(6-2)10-15(3)13(20)16-14(21)17-15/h5,7-8H,6,9-10H2,1-4H3,(H2,16,17,20,21)/b7-5-,11-8+. The molecule has 0 aromatic heterocycles. The van der Waals surface area contributed by atoms with Gasteiger partial charge in [0.25, 0.3) is 5.91 Å². The molecule has 4 amide bonds. The first-order valence-electron chi connectivity index (χ1n) is 7.14. The maximum Gasteiger partial charge on any atom is 0.322 e. The van der Waals surface area contributed by atoms with Gasteiger partial charge in [-0.15, -0.1) is 0 Å². The Morgan fingerprint density at radius 1 is 1.41 bits per heavy atom. The number of methoxy groups -OCH3 is 1. The number of allylic oxidation sites excluding steroid dienone is 2. The molecule has 7 nitrogen and oxygen atoms in total. The van der Waals surface area contributed by atoms with Crippen molar-refractivity contribution in [1.82, 2.24) is 15.5 Å². The number of rotatable bonds is 7. The van der Waals surface area contributed by atoms with Crippen LogP contribution in [0.25, 0.3) is 0 Å². The molecule has 22 heavy (non-hydrogen) atoms. The Bertz CT molecular complexity index is 513. The molecule has 1 saturated heterocycles. The third-order valence-electron chi connectivity index (χ3n) is 3.40. The molecule has 7 heteroatoms. The summed E-state index contributed by atoms with van der Waals surface area (Å²) < 4.78 is 5.12. The summed E-state index contributed by atoms with van der Waals surface area (Å²) in [7, 11) is 1.54. The number of nitrogens with one attached hydrogen (secondary N) is 2. The Morgan fingerprint density at radius 3 is 2.55 bits per heavy atom.